The molecule has 0 aromatic heterocycles. The van der Waals surface area contributed by atoms with Gasteiger partial charge in [0.1, 0.15) is 0 Å². The first-order chi connectivity index (χ1) is 6.63. The molecule has 2 nitrogen and oxygen atoms in total. The lowest BCUT2D eigenvalue weighted by Gasteiger charge is -1.98. The monoisotopic (exact) mass is 318 g/mol. The molecule has 1 rings (SSSR count). The van der Waals surface area contributed by atoms with E-state index in [1.165, 1.54) is 13.2 Å². The lowest BCUT2D eigenvalue weighted by molar-refractivity contribution is -0.134. The molecule has 0 spiro atoms. The minimum Gasteiger partial charge on any atom is -0.466 e. The molecule has 0 atom stereocenters. The molecule has 0 saturated heterocycles. The summed E-state index contributed by atoms with van der Waals surface area (Å²) in [5.74, 6) is -0.364. The molecular weight excluding hydrogens is 312 g/mol. The summed E-state index contributed by atoms with van der Waals surface area (Å²) in [5, 5.41) is 0. The second-order valence-electron chi connectivity index (χ2n) is 2.52. The van der Waals surface area contributed by atoms with Crippen LogP contribution in [0.4, 0.5) is 0 Å². The van der Waals surface area contributed by atoms with E-state index in [0.29, 0.717) is 0 Å². The molecular formula is C10H8Br2O2. The molecule has 0 unspecified atom stereocenters. The molecule has 0 fully saturated rings. The van der Waals surface area contributed by atoms with Gasteiger partial charge in [-0.3, -0.25) is 0 Å². The smallest absolute Gasteiger partial charge is 0.330 e. The van der Waals surface area contributed by atoms with Crippen molar-refractivity contribution in [3.05, 3.63) is 38.8 Å². The SMILES string of the molecule is COC(=O)C=Cc1cc(Br)ccc1Br. The summed E-state index contributed by atoms with van der Waals surface area (Å²) in [6, 6.07) is 5.73. The Morgan fingerprint density at radius 1 is 1.43 bits per heavy atom. The third-order valence-corrected chi connectivity index (χ3v) is 2.77. The number of methoxy groups -OCH3 is 1. The van der Waals surface area contributed by atoms with Crippen LogP contribution in [0.2, 0.25) is 0 Å². The summed E-state index contributed by atoms with van der Waals surface area (Å²) >= 11 is 6.73. The minimum absolute atomic E-state index is 0.364. The predicted octanol–water partition coefficient (Wildman–Crippen LogP) is 3.40. The highest BCUT2D eigenvalue weighted by Crippen LogP contribution is 2.22. The minimum atomic E-state index is -0.364. The molecule has 1 aromatic carbocycles. The summed E-state index contributed by atoms with van der Waals surface area (Å²) in [6.45, 7) is 0. The zero-order valence-electron chi connectivity index (χ0n) is 7.46. The number of halogens is 2. The van der Waals surface area contributed by atoms with Gasteiger partial charge in [-0.25, -0.2) is 4.79 Å². The van der Waals surface area contributed by atoms with Crippen molar-refractivity contribution in [1.29, 1.82) is 0 Å². The van der Waals surface area contributed by atoms with Crippen LogP contribution in [0.5, 0.6) is 0 Å². The van der Waals surface area contributed by atoms with E-state index in [4.69, 9.17) is 0 Å². The molecule has 0 saturated carbocycles. The first-order valence-corrected chi connectivity index (χ1v) is 5.43. The van der Waals surface area contributed by atoms with E-state index in [0.717, 1.165) is 14.5 Å². The van der Waals surface area contributed by atoms with Gasteiger partial charge in [-0.05, 0) is 29.8 Å². The third-order valence-electron chi connectivity index (χ3n) is 1.56. The Labute approximate surface area is 99.2 Å². The Bertz CT molecular complexity index is 372. The molecule has 0 radical (unpaired) electrons. The van der Waals surface area contributed by atoms with E-state index in [9.17, 15) is 4.79 Å². The van der Waals surface area contributed by atoms with Crippen molar-refractivity contribution in [1.82, 2.24) is 0 Å². The van der Waals surface area contributed by atoms with Gasteiger partial charge < -0.3 is 4.74 Å². The molecule has 0 aliphatic heterocycles. The number of benzene rings is 1. The van der Waals surface area contributed by atoms with E-state index in [-0.39, 0.29) is 5.97 Å². The Hall–Kier alpha value is -0.610. The first kappa shape index (κ1) is 11.5. The normalized spacial score (nSPS) is 10.5. The van der Waals surface area contributed by atoms with Crippen LogP contribution in [0.1, 0.15) is 5.56 Å². The van der Waals surface area contributed by atoms with Crippen LogP contribution in [0.25, 0.3) is 6.08 Å². The molecule has 0 heterocycles. The average molecular weight is 320 g/mol. The van der Waals surface area contributed by atoms with Crippen molar-refractivity contribution < 1.29 is 9.53 Å². The van der Waals surface area contributed by atoms with Crippen LogP contribution in [-0.4, -0.2) is 13.1 Å². The van der Waals surface area contributed by atoms with Gasteiger partial charge in [0.25, 0.3) is 0 Å². The van der Waals surface area contributed by atoms with E-state index >= 15 is 0 Å². The molecule has 0 N–H and O–H groups in total. The Kier molecular flexibility index (Phi) is 4.35. The van der Waals surface area contributed by atoms with Crippen LogP contribution in [-0.2, 0) is 9.53 Å². The quantitative estimate of drug-likeness (QED) is 0.617. The summed E-state index contributed by atoms with van der Waals surface area (Å²) < 4.78 is 6.38. The first-order valence-electron chi connectivity index (χ1n) is 3.84. The summed E-state index contributed by atoms with van der Waals surface area (Å²) in [7, 11) is 1.35. The highest BCUT2D eigenvalue weighted by Gasteiger charge is 1.98. The third kappa shape index (κ3) is 3.27. The van der Waals surface area contributed by atoms with Gasteiger partial charge in [0.15, 0.2) is 0 Å². The summed E-state index contributed by atoms with van der Waals surface area (Å²) in [4.78, 5) is 10.8. The summed E-state index contributed by atoms with van der Waals surface area (Å²) in [6.07, 6.45) is 3.08. The molecule has 1 aromatic rings. The molecule has 0 bridgehead atoms. The van der Waals surface area contributed by atoms with E-state index < -0.39 is 0 Å². The van der Waals surface area contributed by atoms with Crippen LogP contribution in [0, 0.1) is 0 Å². The van der Waals surface area contributed by atoms with Gasteiger partial charge in [0, 0.05) is 15.0 Å². The maximum absolute atomic E-state index is 10.8. The lowest BCUT2D eigenvalue weighted by Crippen LogP contribution is -1.93. The van der Waals surface area contributed by atoms with E-state index in [2.05, 4.69) is 36.6 Å². The maximum Gasteiger partial charge on any atom is 0.330 e. The standard InChI is InChI=1S/C10H8Br2O2/c1-14-10(13)5-2-7-6-8(11)3-4-9(7)12/h2-6H,1H3. The largest absolute Gasteiger partial charge is 0.466 e. The van der Waals surface area contributed by atoms with Crippen molar-refractivity contribution in [2.45, 2.75) is 0 Å². The fourth-order valence-electron chi connectivity index (χ4n) is 0.868. The molecule has 74 valence electrons. The molecule has 0 aliphatic rings. The van der Waals surface area contributed by atoms with Crippen molar-refractivity contribution in [2.75, 3.05) is 7.11 Å². The zero-order valence-corrected chi connectivity index (χ0v) is 10.6. The van der Waals surface area contributed by atoms with Crippen molar-refractivity contribution in [2.24, 2.45) is 0 Å². The number of carbonyl (C=O) groups is 1. The van der Waals surface area contributed by atoms with Gasteiger partial charge in [-0.1, -0.05) is 31.9 Å². The highest BCUT2D eigenvalue weighted by atomic mass is 79.9. The van der Waals surface area contributed by atoms with Gasteiger partial charge in [0.05, 0.1) is 7.11 Å². The number of hydrogen-bond acceptors (Lipinski definition) is 2. The van der Waals surface area contributed by atoms with Crippen molar-refractivity contribution >= 4 is 43.9 Å². The Balaban J connectivity index is 2.90. The molecule has 0 aliphatic carbocycles. The average Bonchev–Trinajstić information content (AvgIpc) is 2.19. The van der Waals surface area contributed by atoms with Crippen LogP contribution in [0.15, 0.2) is 33.2 Å². The fourth-order valence-corrected chi connectivity index (χ4v) is 1.63. The highest BCUT2D eigenvalue weighted by molar-refractivity contribution is 9.11. The topological polar surface area (TPSA) is 26.3 Å². The second-order valence-corrected chi connectivity index (χ2v) is 4.29. The van der Waals surface area contributed by atoms with Crippen molar-refractivity contribution in [3.8, 4) is 0 Å². The molecule has 14 heavy (non-hydrogen) atoms. The predicted molar refractivity (Wildman–Crippen MR) is 62.9 cm³/mol. The van der Waals surface area contributed by atoms with Gasteiger partial charge in [-0.15, -0.1) is 0 Å². The molecule has 4 heteroatoms. The number of esters is 1. The number of rotatable bonds is 2. The zero-order chi connectivity index (χ0) is 10.6. The second kappa shape index (κ2) is 5.32. The number of carbonyl (C=O) groups excluding carboxylic acids is 1. The Morgan fingerprint density at radius 2 is 2.14 bits per heavy atom. The fraction of sp³-hybridized carbons (Fsp3) is 0.100. The lowest BCUT2D eigenvalue weighted by atomic mass is 10.2. The Morgan fingerprint density at radius 3 is 2.79 bits per heavy atom. The van der Waals surface area contributed by atoms with Crippen LogP contribution >= 0.6 is 31.9 Å². The number of hydrogen-bond donors (Lipinski definition) is 0. The van der Waals surface area contributed by atoms with Gasteiger partial charge >= 0.3 is 5.97 Å². The van der Waals surface area contributed by atoms with Gasteiger partial charge in [0.2, 0.25) is 0 Å². The van der Waals surface area contributed by atoms with E-state index in [1.54, 1.807) is 6.08 Å². The summed E-state index contributed by atoms with van der Waals surface area (Å²) in [5.41, 5.74) is 0.921. The van der Waals surface area contributed by atoms with Crippen LogP contribution in [0.3, 0.4) is 0 Å². The molecule has 0 amide bonds. The van der Waals surface area contributed by atoms with Gasteiger partial charge in [-0.2, -0.15) is 0 Å². The van der Waals surface area contributed by atoms with Crippen LogP contribution < -0.4 is 0 Å². The van der Waals surface area contributed by atoms with E-state index in [1.807, 2.05) is 18.2 Å². The number of ether oxygens (including phenoxy) is 1. The maximum atomic E-state index is 10.8. The van der Waals surface area contributed by atoms with Crippen molar-refractivity contribution in [3.63, 3.8) is 0 Å².